The van der Waals surface area contributed by atoms with Crippen LogP contribution in [0.4, 0.5) is 0 Å². The Balaban J connectivity index is -0.0000000267. The molecular formula is H8EuO4SiSr2. The third-order valence-corrected chi connectivity index (χ3v) is 0. The van der Waals surface area contributed by atoms with Crippen molar-refractivity contribution < 1.29 is 68.6 Å². The van der Waals surface area contributed by atoms with Crippen molar-refractivity contribution >= 4 is 100 Å². The third-order valence-electron chi connectivity index (χ3n) is 0. The summed E-state index contributed by atoms with van der Waals surface area (Å²) in [6.07, 6.45) is 0. The summed E-state index contributed by atoms with van der Waals surface area (Å²) < 4.78 is 0. The Morgan fingerprint density at radius 3 is 0.750 bits per heavy atom. The minimum atomic E-state index is -4.61. The summed E-state index contributed by atoms with van der Waals surface area (Å²) in [5.74, 6) is 0. The van der Waals surface area contributed by atoms with Gasteiger partial charge in [-0.05, 0) is 0 Å². The molecule has 1 radical (unpaired) electrons. The van der Waals surface area contributed by atoms with E-state index >= 15 is 0 Å². The molecule has 0 aliphatic rings. The summed E-state index contributed by atoms with van der Waals surface area (Å²) >= 11 is 0. The molecule has 0 saturated heterocycles. The first-order valence-corrected chi connectivity index (χ1v) is 2.68. The van der Waals surface area contributed by atoms with Crippen molar-refractivity contribution in [3.8, 4) is 0 Å². The van der Waals surface area contributed by atoms with E-state index in [-0.39, 0.29) is 140 Å². The Bertz CT molecular complexity index is 29.5. The van der Waals surface area contributed by atoms with Gasteiger partial charge in [-0.2, -0.15) is 0 Å². The van der Waals surface area contributed by atoms with E-state index in [4.69, 9.17) is 19.2 Å². The van der Waals surface area contributed by atoms with Crippen LogP contribution in [0.15, 0.2) is 0 Å². The molecule has 0 rings (SSSR count). The molecule has 0 spiro atoms. The fourth-order valence-corrected chi connectivity index (χ4v) is 0. The Morgan fingerprint density at radius 1 is 0.750 bits per heavy atom. The zero-order valence-electron chi connectivity index (χ0n) is 2.67. The molecule has 8 heteroatoms. The minimum absolute atomic E-state index is 0. The van der Waals surface area contributed by atoms with Gasteiger partial charge in [-0.1, -0.05) is 0 Å². The topological polar surface area (TPSA) is 80.9 Å². The molecule has 0 amide bonds. The first-order chi connectivity index (χ1) is 2.00. The average Bonchev–Trinajstić information content (AvgIpc) is 0.722. The van der Waals surface area contributed by atoms with Gasteiger partial charge in [0.25, 0.3) is 0 Å². The second-order valence-corrected chi connectivity index (χ2v) is 1.80. The molecule has 0 aromatic rings. The van der Waals surface area contributed by atoms with Crippen molar-refractivity contribution in [2.24, 2.45) is 0 Å². The molecule has 0 heterocycles. The first-order valence-electron chi connectivity index (χ1n) is 0.894. The van der Waals surface area contributed by atoms with Gasteiger partial charge in [0.1, 0.15) is 0 Å². The van der Waals surface area contributed by atoms with E-state index in [0.29, 0.717) is 0 Å². The predicted molar refractivity (Wildman–Crippen MR) is 31.7 cm³/mol. The molecule has 0 fully saturated rings. The van der Waals surface area contributed by atoms with E-state index in [1.165, 1.54) is 0 Å². The summed E-state index contributed by atoms with van der Waals surface area (Å²) in [5, 5.41) is 0. The molecule has 0 aliphatic heterocycles. The van der Waals surface area contributed by atoms with Crippen LogP contribution in [0, 0.1) is 49.4 Å². The quantitative estimate of drug-likeness (QED) is 0.294. The number of hydrogen-bond acceptors (Lipinski definition) is 4. The van der Waals surface area contributed by atoms with Crippen LogP contribution in [0.1, 0.15) is 0 Å². The maximum atomic E-state index is 7.33. The van der Waals surface area contributed by atoms with Crippen molar-refractivity contribution in [1.82, 2.24) is 0 Å². The van der Waals surface area contributed by atoms with Gasteiger partial charge < -0.3 is 19.2 Å². The molecule has 0 aromatic carbocycles. The van der Waals surface area contributed by atoms with Crippen LogP contribution in [0.25, 0.3) is 0 Å². The van der Waals surface area contributed by atoms with E-state index in [0.717, 1.165) is 0 Å². The zero-order chi connectivity index (χ0) is 4.50. The first kappa shape index (κ1) is 22.9. The van der Waals surface area contributed by atoms with Crippen LogP contribution >= 0.6 is 0 Å². The Kier molecular flexibility index (Phi) is 33.2. The van der Waals surface area contributed by atoms with Crippen LogP contribution in [-0.2, 0) is 0 Å². The van der Waals surface area contributed by atoms with Crippen LogP contribution in [0.5, 0.6) is 0 Å². The van der Waals surface area contributed by atoms with Crippen LogP contribution in [-0.4, -0.2) is 119 Å². The summed E-state index contributed by atoms with van der Waals surface area (Å²) in [6.45, 7) is 0. The average molecular weight is 427 g/mol. The predicted octanol–water partition coefficient (Wildman–Crippen LogP) is -4.44. The molecule has 0 unspecified atom stereocenters. The molecule has 0 atom stereocenters. The van der Waals surface area contributed by atoms with Gasteiger partial charge in [0, 0.05) is 49.4 Å². The third kappa shape index (κ3) is 46.2. The van der Waals surface area contributed by atoms with Crippen molar-refractivity contribution in [2.75, 3.05) is 0 Å². The van der Waals surface area contributed by atoms with E-state index in [9.17, 15) is 0 Å². The Morgan fingerprint density at radius 2 is 0.750 bits per heavy atom. The Labute approximate surface area is 163 Å². The van der Waals surface area contributed by atoms with Gasteiger partial charge in [-0.3, -0.25) is 0 Å². The van der Waals surface area contributed by atoms with E-state index < -0.39 is 9.05 Å². The van der Waals surface area contributed by atoms with Gasteiger partial charge >= 0.3 is 100 Å². The maximum absolute atomic E-state index is 7.33. The van der Waals surface area contributed by atoms with Crippen LogP contribution in [0.2, 0.25) is 0 Å². The second kappa shape index (κ2) is 11.6. The van der Waals surface area contributed by atoms with Gasteiger partial charge in [-0.15, -0.1) is 0 Å². The van der Waals surface area contributed by atoms with Crippen LogP contribution in [0.3, 0.4) is 0 Å². The van der Waals surface area contributed by atoms with Crippen molar-refractivity contribution in [3.63, 3.8) is 0 Å². The normalized spacial score (nSPS) is 7.50. The van der Waals surface area contributed by atoms with Gasteiger partial charge in [0.15, 0.2) is 0 Å². The van der Waals surface area contributed by atoms with E-state index in [2.05, 4.69) is 0 Å². The molecule has 4 N–H and O–H groups in total. The number of rotatable bonds is 0. The molecular weight excluding hydrogens is 419 g/mol. The van der Waals surface area contributed by atoms with Crippen molar-refractivity contribution in [2.45, 2.75) is 0 Å². The fourth-order valence-electron chi connectivity index (χ4n) is 0. The molecule has 47 valence electrons. The summed E-state index contributed by atoms with van der Waals surface area (Å²) in [5.41, 5.74) is 0. The van der Waals surface area contributed by atoms with Gasteiger partial charge in [-0.25, -0.2) is 0 Å². The summed E-state index contributed by atoms with van der Waals surface area (Å²) in [7, 11) is -4.61. The molecule has 0 saturated carbocycles. The van der Waals surface area contributed by atoms with E-state index in [1.54, 1.807) is 0 Å². The Hall–Kier alpha value is 4.60. The van der Waals surface area contributed by atoms with Gasteiger partial charge in [0.2, 0.25) is 0 Å². The van der Waals surface area contributed by atoms with Crippen molar-refractivity contribution in [1.29, 1.82) is 0 Å². The SMILES string of the molecule is O[Si](O)(O)O.[Eu].[SrH2].[SrH2]. The molecule has 0 aromatic heterocycles. The van der Waals surface area contributed by atoms with Crippen molar-refractivity contribution in [3.05, 3.63) is 0 Å². The second-order valence-electron chi connectivity index (χ2n) is 0.600. The molecule has 0 bridgehead atoms. The van der Waals surface area contributed by atoms with Crippen LogP contribution < -0.4 is 0 Å². The monoisotopic (exact) mass is 429 g/mol. The molecule has 4 nitrogen and oxygen atoms in total. The zero-order valence-corrected chi connectivity index (χ0v) is 6.09. The molecule has 0 aliphatic carbocycles. The summed E-state index contributed by atoms with van der Waals surface area (Å²) in [4.78, 5) is 29.3. The number of hydrogen-bond donors (Lipinski definition) is 4. The van der Waals surface area contributed by atoms with E-state index in [1.807, 2.05) is 0 Å². The standard InChI is InChI=1S/Eu.H4O4Si.2Sr.4H/c;1-5(2,3)4;;;;;;/h;1-4H;;;;;;. The summed E-state index contributed by atoms with van der Waals surface area (Å²) in [6, 6.07) is 0. The fraction of sp³-hybridized carbons (Fsp3) is 0. The molecule has 8 heavy (non-hydrogen) atoms. The van der Waals surface area contributed by atoms with Gasteiger partial charge in [0.05, 0.1) is 0 Å².